The van der Waals surface area contributed by atoms with Gasteiger partial charge < -0.3 is 14.8 Å². The number of rotatable bonds is 9. The van der Waals surface area contributed by atoms with Gasteiger partial charge >= 0.3 is 0 Å². The lowest BCUT2D eigenvalue weighted by Crippen LogP contribution is -2.14. The van der Waals surface area contributed by atoms with Crippen molar-refractivity contribution >= 4 is 28.1 Å². The van der Waals surface area contributed by atoms with Crippen LogP contribution in [0.15, 0.2) is 73.1 Å². The van der Waals surface area contributed by atoms with E-state index in [2.05, 4.69) is 29.4 Å². The number of methoxy groups -OCH3 is 1. The van der Waals surface area contributed by atoms with Crippen molar-refractivity contribution in [1.82, 2.24) is 19.2 Å². The third-order valence-electron chi connectivity index (χ3n) is 5.88. The van der Waals surface area contributed by atoms with Crippen molar-refractivity contribution in [3.05, 3.63) is 90.0 Å². The molecule has 0 unspecified atom stereocenters. The molecule has 8 heteroatoms. The molecule has 0 bridgehead atoms. The Bertz CT molecular complexity index is 1470. The molecule has 0 saturated heterocycles. The van der Waals surface area contributed by atoms with Crippen molar-refractivity contribution in [3.63, 3.8) is 0 Å². The zero-order chi connectivity index (χ0) is 24.2. The number of amides is 1. The number of nitrogens with zero attached hydrogens (tertiary/aromatic N) is 4. The van der Waals surface area contributed by atoms with E-state index in [1.807, 2.05) is 47.1 Å². The van der Waals surface area contributed by atoms with Gasteiger partial charge in [-0.05, 0) is 30.2 Å². The molecule has 35 heavy (non-hydrogen) atoms. The zero-order valence-corrected chi connectivity index (χ0v) is 19.8. The number of hydrogen-bond acceptors (Lipinski definition) is 5. The number of anilines is 1. The van der Waals surface area contributed by atoms with E-state index in [1.165, 1.54) is 5.56 Å². The van der Waals surface area contributed by atoms with Crippen LogP contribution in [0.5, 0.6) is 5.75 Å². The minimum Gasteiger partial charge on any atom is -0.491 e. The molecule has 1 amide bonds. The first-order valence-corrected chi connectivity index (χ1v) is 11.6. The lowest BCUT2D eigenvalue weighted by molar-refractivity contribution is 0.102. The number of aryl methyl sites for hydroxylation is 1. The number of fused-ring (bicyclic) bond motifs is 2. The fourth-order valence-corrected chi connectivity index (χ4v) is 4.19. The first-order valence-electron chi connectivity index (χ1n) is 11.6. The molecule has 3 heterocycles. The summed E-state index contributed by atoms with van der Waals surface area (Å²) in [4.78, 5) is 17.7. The summed E-state index contributed by atoms with van der Waals surface area (Å²) < 4.78 is 14.4. The Morgan fingerprint density at radius 2 is 1.91 bits per heavy atom. The van der Waals surface area contributed by atoms with Gasteiger partial charge in [0.1, 0.15) is 23.7 Å². The third kappa shape index (κ3) is 4.61. The number of carbonyl (C=O) groups excluding carboxylic acids is 1. The normalized spacial score (nSPS) is 11.3. The topological polar surface area (TPSA) is 82.7 Å². The average molecular weight is 470 g/mol. The largest absolute Gasteiger partial charge is 0.491 e. The summed E-state index contributed by atoms with van der Waals surface area (Å²) in [6, 6.07) is 19.7. The number of nitrogens with one attached hydrogen (secondary N) is 1. The van der Waals surface area contributed by atoms with Gasteiger partial charge in [0.25, 0.3) is 5.91 Å². The van der Waals surface area contributed by atoms with E-state index >= 15 is 0 Å². The second kappa shape index (κ2) is 9.99. The van der Waals surface area contributed by atoms with Crippen LogP contribution in [0.3, 0.4) is 0 Å². The molecule has 1 N–H and O–H groups in total. The smallest absolute Gasteiger partial charge is 0.274 e. The van der Waals surface area contributed by atoms with E-state index in [4.69, 9.17) is 14.6 Å². The molecule has 8 nitrogen and oxygen atoms in total. The van der Waals surface area contributed by atoms with Gasteiger partial charge in [-0.15, -0.1) is 0 Å². The molecule has 5 aromatic rings. The second-order valence-corrected chi connectivity index (χ2v) is 8.17. The Morgan fingerprint density at radius 3 is 2.71 bits per heavy atom. The zero-order valence-electron chi connectivity index (χ0n) is 19.8. The van der Waals surface area contributed by atoms with Crippen LogP contribution in [0.1, 0.15) is 28.7 Å². The molecule has 0 atom stereocenters. The number of carbonyl (C=O) groups is 1. The quantitative estimate of drug-likeness (QED) is 0.320. The monoisotopic (exact) mass is 469 g/mol. The van der Waals surface area contributed by atoms with Crippen molar-refractivity contribution in [2.75, 3.05) is 25.6 Å². The summed E-state index contributed by atoms with van der Waals surface area (Å²) in [5.74, 6) is 0.436. The second-order valence-electron chi connectivity index (χ2n) is 8.17. The molecule has 0 aliphatic rings. The van der Waals surface area contributed by atoms with Gasteiger partial charge in [-0.25, -0.2) is 4.98 Å². The van der Waals surface area contributed by atoms with Crippen LogP contribution in [0.25, 0.3) is 16.6 Å². The average Bonchev–Trinajstić information content (AvgIpc) is 3.47. The molecular formula is C27H27N5O3. The molecule has 0 aliphatic carbocycles. The highest BCUT2D eigenvalue weighted by molar-refractivity contribution is 6.08. The summed E-state index contributed by atoms with van der Waals surface area (Å²) >= 11 is 0. The predicted molar refractivity (Wildman–Crippen MR) is 135 cm³/mol. The summed E-state index contributed by atoms with van der Waals surface area (Å²) in [7, 11) is 1.63. The molecule has 178 valence electrons. The summed E-state index contributed by atoms with van der Waals surface area (Å²) in [6.07, 6.45) is 4.12. The maximum Gasteiger partial charge on any atom is 0.274 e. The van der Waals surface area contributed by atoms with Crippen LogP contribution in [-0.4, -0.2) is 45.4 Å². The van der Waals surface area contributed by atoms with E-state index in [9.17, 15) is 4.79 Å². The van der Waals surface area contributed by atoms with E-state index in [0.29, 0.717) is 36.8 Å². The van der Waals surface area contributed by atoms with Crippen LogP contribution in [0.4, 0.5) is 5.69 Å². The van der Waals surface area contributed by atoms with Gasteiger partial charge in [0.15, 0.2) is 0 Å². The number of aromatic nitrogens is 4. The van der Waals surface area contributed by atoms with Crippen molar-refractivity contribution < 1.29 is 14.3 Å². The molecule has 0 aliphatic heterocycles. The number of hydrogen-bond donors (Lipinski definition) is 1. The Morgan fingerprint density at radius 1 is 1.06 bits per heavy atom. The molecule has 0 saturated carbocycles. The highest BCUT2D eigenvalue weighted by Gasteiger charge is 2.18. The Balaban J connectivity index is 1.43. The molecule has 0 fully saturated rings. The third-order valence-corrected chi connectivity index (χ3v) is 5.88. The van der Waals surface area contributed by atoms with E-state index in [-0.39, 0.29) is 5.91 Å². The van der Waals surface area contributed by atoms with Gasteiger partial charge in [0.05, 0.1) is 36.2 Å². The maximum atomic E-state index is 13.3. The maximum absolute atomic E-state index is 13.3. The van der Waals surface area contributed by atoms with E-state index < -0.39 is 0 Å². The number of benzene rings is 2. The number of ether oxygens (including phenoxy) is 2. The van der Waals surface area contributed by atoms with Gasteiger partial charge in [-0.3, -0.25) is 13.9 Å². The summed E-state index contributed by atoms with van der Waals surface area (Å²) in [5.41, 5.74) is 4.91. The van der Waals surface area contributed by atoms with Crippen LogP contribution in [0.2, 0.25) is 0 Å². The van der Waals surface area contributed by atoms with Crippen LogP contribution in [0, 0.1) is 0 Å². The predicted octanol–water partition coefficient (Wildman–Crippen LogP) is 4.57. The minimum absolute atomic E-state index is 0.240. The van der Waals surface area contributed by atoms with Gasteiger partial charge in [0.2, 0.25) is 0 Å². The SMILES string of the molecule is CCc1nn(Cc2ccccc2)c2cccc(NC(=O)c3cnc4cc(OCCOC)ccn34)c12. The van der Waals surface area contributed by atoms with Crippen molar-refractivity contribution in [2.24, 2.45) is 0 Å². The lowest BCUT2D eigenvalue weighted by Gasteiger charge is -2.09. The molecular weight excluding hydrogens is 442 g/mol. The van der Waals surface area contributed by atoms with Gasteiger partial charge in [-0.2, -0.15) is 5.10 Å². The van der Waals surface area contributed by atoms with Crippen molar-refractivity contribution in [1.29, 1.82) is 0 Å². The fourth-order valence-electron chi connectivity index (χ4n) is 4.19. The van der Waals surface area contributed by atoms with E-state index in [1.54, 1.807) is 30.0 Å². The summed E-state index contributed by atoms with van der Waals surface area (Å²) in [5, 5.41) is 8.90. The lowest BCUT2D eigenvalue weighted by atomic mass is 10.1. The number of pyridine rings is 1. The Hall–Kier alpha value is -4.17. The molecule has 3 aromatic heterocycles. The van der Waals surface area contributed by atoms with Crippen LogP contribution in [-0.2, 0) is 17.7 Å². The van der Waals surface area contributed by atoms with Crippen molar-refractivity contribution in [3.8, 4) is 5.75 Å². The Kier molecular flexibility index (Phi) is 6.45. The fraction of sp³-hybridized carbons (Fsp3) is 0.222. The number of imidazole rings is 1. The van der Waals surface area contributed by atoms with Crippen LogP contribution >= 0.6 is 0 Å². The first kappa shape index (κ1) is 22.6. The van der Waals surface area contributed by atoms with Crippen LogP contribution < -0.4 is 10.1 Å². The van der Waals surface area contributed by atoms with Gasteiger partial charge in [-0.1, -0.05) is 43.3 Å². The highest BCUT2D eigenvalue weighted by Crippen LogP contribution is 2.29. The first-order chi connectivity index (χ1) is 17.2. The standard InChI is InChI=1S/C27H27N5O3/c1-3-21-26-22(10-7-11-23(26)32(30-21)18-19-8-5-4-6-9-19)29-27(33)24-17-28-25-16-20(12-13-31(24)25)35-15-14-34-2/h4-13,16-17H,3,14-15,18H2,1-2H3,(H,29,33). The van der Waals surface area contributed by atoms with Crippen molar-refractivity contribution in [2.45, 2.75) is 19.9 Å². The Labute approximate surface area is 203 Å². The molecule has 2 aromatic carbocycles. The molecule has 0 radical (unpaired) electrons. The summed E-state index contributed by atoms with van der Waals surface area (Å²) in [6.45, 7) is 3.68. The van der Waals surface area contributed by atoms with Gasteiger partial charge in [0, 0.05) is 24.8 Å². The highest BCUT2D eigenvalue weighted by atomic mass is 16.5. The van der Waals surface area contributed by atoms with E-state index in [0.717, 1.165) is 28.7 Å². The molecule has 5 rings (SSSR count). The molecule has 0 spiro atoms. The minimum atomic E-state index is -0.240.